The number of H-pyrrole nitrogens is 1. The zero-order chi connectivity index (χ0) is 16.5. The molecule has 0 bridgehead atoms. The molecule has 1 saturated heterocycles. The van der Waals surface area contributed by atoms with Crippen LogP contribution in [0.25, 0.3) is 10.9 Å². The summed E-state index contributed by atoms with van der Waals surface area (Å²) in [6, 6.07) is 10.5. The number of piperazine rings is 1. The number of hydrogen-bond acceptors (Lipinski definition) is 5. The topological polar surface area (TPSA) is 60.9 Å². The van der Waals surface area contributed by atoms with E-state index in [-0.39, 0.29) is 0 Å². The van der Waals surface area contributed by atoms with Crippen LogP contribution in [0.1, 0.15) is 11.6 Å². The van der Waals surface area contributed by atoms with Crippen molar-refractivity contribution in [3.63, 3.8) is 0 Å². The summed E-state index contributed by atoms with van der Waals surface area (Å²) in [6.45, 7) is 6.66. The van der Waals surface area contributed by atoms with Crippen molar-refractivity contribution in [2.75, 3.05) is 31.1 Å². The molecule has 1 aliphatic rings. The van der Waals surface area contributed by atoms with E-state index in [2.05, 4.69) is 65.2 Å². The summed E-state index contributed by atoms with van der Waals surface area (Å²) in [6.07, 6.45) is 0. The van der Waals surface area contributed by atoms with Crippen molar-refractivity contribution in [1.29, 1.82) is 0 Å². The van der Waals surface area contributed by atoms with Crippen LogP contribution in [-0.4, -0.2) is 51.2 Å². The lowest BCUT2D eigenvalue weighted by molar-refractivity contribution is 0.244. The number of aryl methyl sites for hydroxylation is 1. The van der Waals surface area contributed by atoms with Crippen molar-refractivity contribution in [2.24, 2.45) is 0 Å². The summed E-state index contributed by atoms with van der Waals surface area (Å²) < 4.78 is 1.08. The molecule has 1 N–H and O–H groups in total. The minimum Gasteiger partial charge on any atom is -0.354 e. The zero-order valence-electron chi connectivity index (χ0n) is 13.5. The van der Waals surface area contributed by atoms with E-state index in [9.17, 15) is 0 Å². The van der Waals surface area contributed by atoms with E-state index in [0.717, 1.165) is 65.6 Å². The van der Waals surface area contributed by atoms with Crippen LogP contribution in [0.3, 0.4) is 0 Å². The largest absolute Gasteiger partial charge is 0.354 e. The van der Waals surface area contributed by atoms with Crippen molar-refractivity contribution in [2.45, 2.75) is 13.5 Å². The summed E-state index contributed by atoms with van der Waals surface area (Å²) in [4.78, 5) is 13.9. The van der Waals surface area contributed by atoms with E-state index in [1.165, 1.54) is 0 Å². The van der Waals surface area contributed by atoms with Gasteiger partial charge in [0.15, 0.2) is 5.82 Å². The molecule has 124 valence electrons. The average Bonchev–Trinajstić information content (AvgIpc) is 3.00. The molecule has 4 rings (SSSR count). The number of fused-ring (bicyclic) bond motifs is 1. The SMILES string of the molecule is Cc1nc(CN2CCN(c3ccc4cc(Br)ccc4n3)CC2)n[nH]1. The molecule has 6 nitrogen and oxygen atoms in total. The predicted octanol–water partition coefficient (Wildman–Crippen LogP) is 2.75. The van der Waals surface area contributed by atoms with Crippen molar-refractivity contribution >= 4 is 32.7 Å². The fraction of sp³-hybridized carbons (Fsp3) is 0.353. The summed E-state index contributed by atoms with van der Waals surface area (Å²) in [5.74, 6) is 2.80. The third-order valence-electron chi connectivity index (χ3n) is 4.34. The van der Waals surface area contributed by atoms with Gasteiger partial charge in [-0.2, -0.15) is 5.10 Å². The highest BCUT2D eigenvalue weighted by atomic mass is 79.9. The first-order chi connectivity index (χ1) is 11.7. The first-order valence-electron chi connectivity index (χ1n) is 8.09. The minimum absolute atomic E-state index is 0.803. The van der Waals surface area contributed by atoms with Crippen LogP contribution < -0.4 is 4.90 Å². The first kappa shape index (κ1) is 15.5. The number of aromatic nitrogens is 4. The molecule has 24 heavy (non-hydrogen) atoms. The normalized spacial score (nSPS) is 16.0. The molecule has 0 saturated carbocycles. The van der Waals surface area contributed by atoms with Crippen LogP contribution in [0.5, 0.6) is 0 Å². The molecular weight excluding hydrogens is 368 g/mol. The molecule has 1 fully saturated rings. The molecule has 3 heterocycles. The zero-order valence-corrected chi connectivity index (χ0v) is 15.1. The molecule has 0 spiro atoms. The van der Waals surface area contributed by atoms with Gasteiger partial charge >= 0.3 is 0 Å². The van der Waals surface area contributed by atoms with Crippen molar-refractivity contribution in [1.82, 2.24) is 25.1 Å². The summed E-state index contributed by atoms with van der Waals surface area (Å²) in [7, 11) is 0. The second-order valence-corrected chi connectivity index (χ2v) is 7.02. The van der Waals surface area contributed by atoms with Crippen LogP contribution in [0, 0.1) is 6.92 Å². The van der Waals surface area contributed by atoms with Gasteiger partial charge in [0.2, 0.25) is 0 Å². The molecule has 0 radical (unpaired) electrons. The predicted molar refractivity (Wildman–Crippen MR) is 98.1 cm³/mol. The third kappa shape index (κ3) is 3.27. The fourth-order valence-electron chi connectivity index (χ4n) is 3.06. The lowest BCUT2D eigenvalue weighted by atomic mass is 10.2. The van der Waals surface area contributed by atoms with Gasteiger partial charge in [0, 0.05) is 36.0 Å². The van der Waals surface area contributed by atoms with Gasteiger partial charge in [0.25, 0.3) is 0 Å². The third-order valence-corrected chi connectivity index (χ3v) is 4.83. The standard InChI is InChI=1S/C17H19BrN6/c1-12-19-16(22-21-12)11-23-6-8-24(9-7-23)17-5-2-13-10-14(18)3-4-15(13)20-17/h2-5,10H,6-9,11H2,1H3,(H,19,21,22). The van der Waals surface area contributed by atoms with E-state index >= 15 is 0 Å². The highest BCUT2D eigenvalue weighted by Crippen LogP contribution is 2.22. The monoisotopic (exact) mass is 386 g/mol. The van der Waals surface area contributed by atoms with Gasteiger partial charge in [-0.1, -0.05) is 15.9 Å². The second kappa shape index (κ2) is 6.49. The number of hydrogen-bond donors (Lipinski definition) is 1. The van der Waals surface area contributed by atoms with E-state index in [1.807, 2.05) is 13.0 Å². The molecule has 0 aliphatic carbocycles. The molecule has 2 aromatic heterocycles. The van der Waals surface area contributed by atoms with Crippen LogP contribution in [0.4, 0.5) is 5.82 Å². The Kier molecular flexibility index (Phi) is 4.20. The van der Waals surface area contributed by atoms with Gasteiger partial charge in [-0.15, -0.1) is 0 Å². The molecular formula is C17H19BrN6. The Morgan fingerprint density at radius 2 is 1.92 bits per heavy atom. The summed E-state index contributed by atoms with van der Waals surface area (Å²) in [5.41, 5.74) is 1.04. The number of pyridine rings is 1. The van der Waals surface area contributed by atoms with E-state index in [4.69, 9.17) is 4.98 Å². The molecule has 1 aromatic carbocycles. The average molecular weight is 387 g/mol. The summed E-state index contributed by atoms with van der Waals surface area (Å²) in [5, 5.41) is 8.28. The summed E-state index contributed by atoms with van der Waals surface area (Å²) >= 11 is 3.51. The lowest BCUT2D eigenvalue weighted by Gasteiger charge is -2.34. The maximum atomic E-state index is 4.81. The second-order valence-electron chi connectivity index (χ2n) is 6.11. The highest BCUT2D eigenvalue weighted by molar-refractivity contribution is 9.10. The van der Waals surface area contributed by atoms with Crippen LogP contribution in [0.15, 0.2) is 34.8 Å². The van der Waals surface area contributed by atoms with E-state index in [1.54, 1.807) is 0 Å². The highest BCUT2D eigenvalue weighted by Gasteiger charge is 2.19. The van der Waals surface area contributed by atoms with Gasteiger partial charge in [-0.3, -0.25) is 10.00 Å². The number of nitrogens with one attached hydrogen (secondary N) is 1. The van der Waals surface area contributed by atoms with Crippen molar-refractivity contribution in [3.05, 3.63) is 46.5 Å². The Labute approximate surface area is 149 Å². The smallest absolute Gasteiger partial charge is 0.164 e. The number of nitrogens with zero attached hydrogens (tertiary/aromatic N) is 5. The van der Waals surface area contributed by atoms with Gasteiger partial charge in [0.1, 0.15) is 11.6 Å². The lowest BCUT2D eigenvalue weighted by Crippen LogP contribution is -2.46. The van der Waals surface area contributed by atoms with Crippen molar-refractivity contribution in [3.8, 4) is 0 Å². The Morgan fingerprint density at radius 3 is 2.67 bits per heavy atom. The first-order valence-corrected chi connectivity index (χ1v) is 8.88. The molecule has 3 aromatic rings. The minimum atomic E-state index is 0.803. The molecule has 7 heteroatoms. The Hall–Kier alpha value is -1.99. The number of halogens is 1. The Morgan fingerprint density at radius 1 is 1.08 bits per heavy atom. The van der Waals surface area contributed by atoms with Gasteiger partial charge in [-0.25, -0.2) is 9.97 Å². The van der Waals surface area contributed by atoms with E-state index < -0.39 is 0 Å². The van der Waals surface area contributed by atoms with Crippen LogP contribution in [-0.2, 0) is 6.54 Å². The quantitative estimate of drug-likeness (QED) is 0.749. The number of rotatable bonds is 3. The molecule has 0 unspecified atom stereocenters. The molecule has 0 amide bonds. The van der Waals surface area contributed by atoms with Gasteiger partial charge < -0.3 is 4.90 Å². The van der Waals surface area contributed by atoms with Crippen LogP contribution >= 0.6 is 15.9 Å². The maximum absolute atomic E-state index is 4.81. The van der Waals surface area contributed by atoms with E-state index in [0.29, 0.717) is 0 Å². The number of aromatic amines is 1. The van der Waals surface area contributed by atoms with Gasteiger partial charge in [-0.05, 0) is 37.3 Å². The van der Waals surface area contributed by atoms with Gasteiger partial charge in [0.05, 0.1) is 12.1 Å². The van der Waals surface area contributed by atoms with Crippen LogP contribution in [0.2, 0.25) is 0 Å². The molecule has 0 atom stereocenters. The maximum Gasteiger partial charge on any atom is 0.164 e. The Balaban J connectivity index is 1.42. The Bertz CT molecular complexity index is 853. The fourth-order valence-corrected chi connectivity index (χ4v) is 3.44. The molecule has 1 aliphatic heterocycles. The number of anilines is 1. The van der Waals surface area contributed by atoms with Crippen molar-refractivity contribution < 1.29 is 0 Å². The number of benzene rings is 1.